The summed E-state index contributed by atoms with van der Waals surface area (Å²) in [5.74, 6) is 7.73. The Morgan fingerprint density at radius 2 is 2.03 bits per heavy atom. The number of carbonyl (C=O) groups excluding carboxylic acids is 1. The minimum absolute atomic E-state index is 0.0447. The van der Waals surface area contributed by atoms with Gasteiger partial charge in [0.1, 0.15) is 12.4 Å². The third-order valence-corrected chi connectivity index (χ3v) is 6.09. The summed E-state index contributed by atoms with van der Waals surface area (Å²) in [6, 6.07) is 14.1. The average Bonchev–Trinajstić information content (AvgIpc) is 3.10. The summed E-state index contributed by atoms with van der Waals surface area (Å²) >= 11 is 1.29. The predicted molar refractivity (Wildman–Crippen MR) is 118 cm³/mol. The third-order valence-electron chi connectivity index (χ3n) is 5.16. The van der Waals surface area contributed by atoms with Crippen LogP contribution in [0.5, 0.6) is 5.75 Å². The fourth-order valence-electron chi connectivity index (χ4n) is 3.60. The number of thioether (sulfide) groups is 1. The molecule has 30 heavy (non-hydrogen) atoms. The van der Waals surface area contributed by atoms with E-state index in [4.69, 9.17) is 10.6 Å². The normalized spacial score (nSPS) is 13.2. The minimum Gasteiger partial charge on any atom is -0.485 e. The van der Waals surface area contributed by atoms with Crippen LogP contribution < -0.4 is 15.5 Å². The number of nitrogens with zero attached hydrogens (tertiary/aromatic N) is 4. The number of anilines is 1. The van der Waals surface area contributed by atoms with Crippen LogP contribution in [0.25, 0.3) is 0 Å². The van der Waals surface area contributed by atoms with E-state index in [-0.39, 0.29) is 18.3 Å². The second kappa shape index (κ2) is 8.79. The van der Waals surface area contributed by atoms with Crippen LogP contribution in [-0.4, -0.2) is 33.1 Å². The van der Waals surface area contributed by atoms with Crippen molar-refractivity contribution < 1.29 is 9.53 Å². The number of rotatable bonds is 6. The van der Waals surface area contributed by atoms with Crippen LogP contribution in [-0.2, 0) is 17.8 Å². The van der Waals surface area contributed by atoms with Gasteiger partial charge in [0.25, 0.3) is 0 Å². The molecule has 0 spiro atoms. The van der Waals surface area contributed by atoms with Crippen LogP contribution in [0.2, 0.25) is 0 Å². The smallest absolute Gasteiger partial charge is 0.237 e. The van der Waals surface area contributed by atoms with E-state index in [1.807, 2.05) is 49.1 Å². The van der Waals surface area contributed by atoms with E-state index in [1.165, 1.54) is 27.6 Å². The first-order chi connectivity index (χ1) is 14.5. The zero-order valence-corrected chi connectivity index (χ0v) is 18.0. The molecule has 1 aromatic heterocycles. The van der Waals surface area contributed by atoms with Crippen molar-refractivity contribution in [3.63, 3.8) is 0 Å². The zero-order valence-electron chi connectivity index (χ0n) is 17.2. The first-order valence-corrected chi connectivity index (χ1v) is 10.9. The molecule has 0 bridgehead atoms. The molecule has 0 fully saturated rings. The van der Waals surface area contributed by atoms with Crippen molar-refractivity contribution in [3.05, 3.63) is 65.0 Å². The molecule has 2 N–H and O–H groups in total. The lowest BCUT2D eigenvalue weighted by atomic mass is 10.0. The number of aromatic nitrogens is 3. The lowest BCUT2D eigenvalue weighted by Crippen LogP contribution is -2.36. The lowest BCUT2D eigenvalue weighted by Gasteiger charge is -2.29. The molecule has 8 heteroatoms. The molecule has 0 aliphatic carbocycles. The molecule has 3 aromatic rings. The number of benzene rings is 2. The SMILES string of the molecule is Cc1ccc(OCc2nnc(SCC(=O)N3CCCc4ccccc43)n2N)c(C)c1. The molecule has 0 saturated heterocycles. The maximum atomic E-state index is 12.8. The van der Waals surface area contributed by atoms with Crippen LogP contribution in [0.1, 0.15) is 28.9 Å². The van der Waals surface area contributed by atoms with E-state index in [2.05, 4.69) is 22.3 Å². The summed E-state index contributed by atoms with van der Waals surface area (Å²) in [5.41, 5.74) is 4.46. The second-order valence-electron chi connectivity index (χ2n) is 7.39. The highest BCUT2D eigenvalue weighted by molar-refractivity contribution is 7.99. The van der Waals surface area contributed by atoms with E-state index < -0.39 is 0 Å². The van der Waals surface area contributed by atoms with Crippen LogP contribution in [0.3, 0.4) is 0 Å². The van der Waals surface area contributed by atoms with Gasteiger partial charge in [-0.3, -0.25) is 4.79 Å². The molecule has 0 atom stereocenters. The molecule has 1 aliphatic heterocycles. The van der Waals surface area contributed by atoms with Gasteiger partial charge >= 0.3 is 0 Å². The van der Waals surface area contributed by atoms with Crippen LogP contribution in [0.15, 0.2) is 47.6 Å². The van der Waals surface area contributed by atoms with Gasteiger partial charge in [0.05, 0.1) is 5.75 Å². The van der Waals surface area contributed by atoms with Crippen molar-refractivity contribution in [2.24, 2.45) is 0 Å². The Labute approximate surface area is 180 Å². The summed E-state index contributed by atoms with van der Waals surface area (Å²) in [5, 5.41) is 8.74. The molecule has 0 radical (unpaired) electrons. The Hall–Kier alpha value is -3.00. The van der Waals surface area contributed by atoms with Crippen molar-refractivity contribution in [1.82, 2.24) is 14.9 Å². The first kappa shape index (κ1) is 20.3. The molecule has 1 aliphatic rings. The number of nitrogen functional groups attached to an aromatic ring is 1. The van der Waals surface area contributed by atoms with Crippen molar-refractivity contribution >= 4 is 23.4 Å². The topological polar surface area (TPSA) is 86.3 Å². The Morgan fingerprint density at radius 1 is 1.20 bits per heavy atom. The number of para-hydroxylation sites is 1. The van der Waals surface area contributed by atoms with E-state index in [0.717, 1.165) is 36.4 Å². The molecule has 2 heterocycles. The Morgan fingerprint density at radius 3 is 2.87 bits per heavy atom. The Balaban J connectivity index is 1.37. The first-order valence-electron chi connectivity index (χ1n) is 9.93. The van der Waals surface area contributed by atoms with Gasteiger partial charge in [-0.15, -0.1) is 10.2 Å². The lowest BCUT2D eigenvalue weighted by molar-refractivity contribution is -0.116. The number of hydrogen-bond donors (Lipinski definition) is 1. The van der Waals surface area contributed by atoms with Crippen LogP contribution in [0, 0.1) is 13.8 Å². The van der Waals surface area contributed by atoms with E-state index in [0.29, 0.717) is 11.0 Å². The van der Waals surface area contributed by atoms with E-state index >= 15 is 0 Å². The van der Waals surface area contributed by atoms with Gasteiger partial charge in [-0.2, -0.15) is 0 Å². The van der Waals surface area contributed by atoms with Crippen molar-refractivity contribution in [2.45, 2.75) is 38.5 Å². The highest BCUT2D eigenvalue weighted by Crippen LogP contribution is 2.28. The summed E-state index contributed by atoms with van der Waals surface area (Å²) < 4.78 is 7.24. The number of nitrogens with two attached hydrogens (primary N) is 1. The standard InChI is InChI=1S/C22H25N5O2S/c1-15-9-10-19(16(2)12-15)29-13-20-24-25-22(27(20)23)30-14-21(28)26-11-5-7-17-6-3-4-8-18(17)26/h3-4,6,8-10,12H,5,7,11,13-14,23H2,1-2H3. The number of amides is 1. The van der Waals surface area contributed by atoms with Gasteiger partial charge < -0.3 is 15.5 Å². The van der Waals surface area contributed by atoms with Crippen molar-refractivity contribution in [3.8, 4) is 5.75 Å². The summed E-state index contributed by atoms with van der Waals surface area (Å²) in [6.07, 6.45) is 1.98. The van der Waals surface area contributed by atoms with Gasteiger partial charge in [0, 0.05) is 12.2 Å². The van der Waals surface area contributed by atoms with Gasteiger partial charge in [0.15, 0.2) is 5.82 Å². The average molecular weight is 424 g/mol. The minimum atomic E-state index is 0.0447. The van der Waals surface area contributed by atoms with Gasteiger partial charge in [-0.1, -0.05) is 47.7 Å². The molecule has 0 saturated carbocycles. The number of aryl methyl sites for hydroxylation is 3. The predicted octanol–water partition coefficient (Wildman–Crippen LogP) is 3.26. The summed E-state index contributed by atoms with van der Waals surface area (Å²) in [4.78, 5) is 14.7. The zero-order chi connectivity index (χ0) is 21.1. The number of fused-ring (bicyclic) bond motifs is 1. The Kier molecular flexibility index (Phi) is 5.94. The number of hydrogen-bond acceptors (Lipinski definition) is 6. The maximum Gasteiger partial charge on any atom is 0.237 e. The van der Waals surface area contributed by atoms with Crippen molar-refractivity contribution in [1.29, 1.82) is 0 Å². The quantitative estimate of drug-likeness (QED) is 0.484. The fourth-order valence-corrected chi connectivity index (χ4v) is 4.36. The van der Waals surface area contributed by atoms with E-state index in [9.17, 15) is 4.79 Å². The van der Waals surface area contributed by atoms with Crippen molar-refractivity contribution in [2.75, 3.05) is 23.0 Å². The molecule has 7 nitrogen and oxygen atoms in total. The van der Waals surface area contributed by atoms with Crippen LogP contribution in [0.4, 0.5) is 5.69 Å². The Bertz CT molecular complexity index is 1070. The molecule has 0 unspecified atom stereocenters. The molecule has 156 valence electrons. The molecule has 2 aromatic carbocycles. The molecule has 4 rings (SSSR count). The number of ether oxygens (including phenoxy) is 1. The summed E-state index contributed by atoms with van der Waals surface area (Å²) in [6.45, 7) is 4.99. The fraction of sp³-hybridized carbons (Fsp3) is 0.318. The summed E-state index contributed by atoms with van der Waals surface area (Å²) in [7, 11) is 0. The molecular weight excluding hydrogens is 398 g/mol. The highest BCUT2D eigenvalue weighted by atomic mass is 32.2. The van der Waals surface area contributed by atoms with Crippen LogP contribution >= 0.6 is 11.8 Å². The van der Waals surface area contributed by atoms with E-state index in [1.54, 1.807) is 0 Å². The molecule has 1 amide bonds. The second-order valence-corrected chi connectivity index (χ2v) is 8.34. The van der Waals surface area contributed by atoms with Gasteiger partial charge in [-0.05, 0) is 49.9 Å². The molecular formula is C22H25N5O2S. The number of carbonyl (C=O) groups is 1. The third kappa shape index (κ3) is 4.28. The largest absolute Gasteiger partial charge is 0.485 e. The van der Waals surface area contributed by atoms with Gasteiger partial charge in [0.2, 0.25) is 11.1 Å². The maximum absolute atomic E-state index is 12.8. The monoisotopic (exact) mass is 423 g/mol. The highest BCUT2D eigenvalue weighted by Gasteiger charge is 2.23. The van der Waals surface area contributed by atoms with Gasteiger partial charge in [-0.25, -0.2) is 4.68 Å².